The fourth-order valence-electron chi connectivity index (χ4n) is 3.78. The van der Waals surface area contributed by atoms with Crippen molar-refractivity contribution in [3.05, 3.63) is 42.1 Å². The number of anilines is 2. The van der Waals surface area contributed by atoms with Crippen LogP contribution in [0.3, 0.4) is 0 Å². The molecule has 0 radical (unpaired) electrons. The van der Waals surface area contributed by atoms with E-state index in [1.807, 2.05) is 0 Å². The summed E-state index contributed by atoms with van der Waals surface area (Å²) in [6.45, 7) is 3.00. The molecule has 0 bridgehead atoms. The standard InChI is InChI=1S/C21H25N5/c1-3-23-16-10-7-11-19-15(16)12-20(26(19)2)18-13-17(24-21(22)25-18)14-8-5-4-6-9-14/h7-8,10-13,23H,3-6,9H2,1-2H3,(H2,22,24,25). The molecule has 134 valence electrons. The van der Waals surface area contributed by atoms with Crippen LogP contribution >= 0.6 is 0 Å². The van der Waals surface area contributed by atoms with Crippen molar-refractivity contribution in [2.45, 2.75) is 32.6 Å². The molecule has 2 heterocycles. The molecule has 2 aromatic heterocycles. The zero-order chi connectivity index (χ0) is 18.1. The van der Waals surface area contributed by atoms with E-state index in [0.29, 0.717) is 5.95 Å². The summed E-state index contributed by atoms with van der Waals surface area (Å²) in [4.78, 5) is 9.02. The molecule has 0 aliphatic heterocycles. The Hall–Kier alpha value is -2.82. The van der Waals surface area contributed by atoms with Gasteiger partial charge in [0.05, 0.1) is 22.6 Å². The van der Waals surface area contributed by atoms with E-state index in [9.17, 15) is 0 Å². The molecule has 4 rings (SSSR count). The smallest absolute Gasteiger partial charge is 0.221 e. The van der Waals surface area contributed by atoms with Crippen LogP contribution in [0.25, 0.3) is 27.9 Å². The van der Waals surface area contributed by atoms with Crippen LogP contribution in [0.5, 0.6) is 0 Å². The van der Waals surface area contributed by atoms with Gasteiger partial charge in [-0.3, -0.25) is 0 Å². The van der Waals surface area contributed by atoms with Crippen LogP contribution in [0.4, 0.5) is 11.6 Å². The number of hydrogen-bond acceptors (Lipinski definition) is 4. The first-order valence-corrected chi connectivity index (χ1v) is 9.34. The fraction of sp³-hybridized carbons (Fsp3) is 0.333. The van der Waals surface area contributed by atoms with Crippen LogP contribution in [0.2, 0.25) is 0 Å². The minimum Gasteiger partial charge on any atom is -0.385 e. The van der Waals surface area contributed by atoms with Crippen molar-refractivity contribution in [3.63, 3.8) is 0 Å². The lowest BCUT2D eigenvalue weighted by Gasteiger charge is -2.13. The Labute approximate surface area is 154 Å². The van der Waals surface area contributed by atoms with Gasteiger partial charge in [-0.15, -0.1) is 0 Å². The van der Waals surface area contributed by atoms with Gasteiger partial charge in [0.2, 0.25) is 5.95 Å². The van der Waals surface area contributed by atoms with E-state index >= 15 is 0 Å². The highest BCUT2D eigenvalue weighted by Crippen LogP contribution is 2.33. The van der Waals surface area contributed by atoms with E-state index < -0.39 is 0 Å². The SMILES string of the molecule is CCNc1cccc2c1cc(-c1cc(C3=CCCCC3)nc(N)n1)n2C. The second-order valence-electron chi connectivity index (χ2n) is 6.83. The normalized spacial score (nSPS) is 14.5. The van der Waals surface area contributed by atoms with E-state index in [1.165, 1.54) is 29.3 Å². The Morgan fingerprint density at radius 2 is 2.00 bits per heavy atom. The molecular formula is C21H25N5. The fourth-order valence-corrected chi connectivity index (χ4v) is 3.78. The predicted octanol–water partition coefficient (Wildman–Crippen LogP) is 4.61. The number of nitrogens with two attached hydrogens (primary N) is 1. The van der Waals surface area contributed by atoms with E-state index in [0.717, 1.165) is 42.2 Å². The van der Waals surface area contributed by atoms with Gasteiger partial charge in [0.1, 0.15) is 0 Å². The number of aromatic nitrogens is 3. The second kappa shape index (κ2) is 6.83. The van der Waals surface area contributed by atoms with Crippen molar-refractivity contribution in [2.75, 3.05) is 17.6 Å². The number of nitrogens with one attached hydrogen (secondary N) is 1. The van der Waals surface area contributed by atoms with Crippen molar-refractivity contribution in [3.8, 4) is 11.4 Å². The zero-order valence-corrected chi connectivity index (χ0v) is 15.4. The number of aryl methyl sites for hydroxylation is 1. The molecule has 0 atom stereocenters. The highest BCUT2D eigenvalue weighted by Gasteiger charge is 2.15. The highest BCUT2D eigenvalue weighted by atomic mass is 15.0. The zero-order valence-electron chi connectivity index (χ0n) is 15.4. The maximum Gasteiger partial charge on any atom is 0.221 e. The summed E-state index contributed by atoms with van der Waals surface area (Å²) in [6, 6.07) is 10.6. The Morgan fingerprint density at radius 1 is 1.15 bits per heavy atom. The van der Waals surface area contributed by atoms with E-state index in [-0.39, 0.29) is 0 Å². The lowest BCUT2D eigenvalue weighted by molar-refractivity contribution is 0.739. The number of fused-ring (bicyclic) bond motifs is 1. The second-order valence-corrected chi connectivity index (χ2v) is 6.83. The summed E-state index contributed by atoms with van der Waals surface area (Å²) >= 11 is 0. The summed E-state index contributed by atoms with van der Waals surface area (Å²) < 4.78 is 2.18. The van der Waals surface area contributed by atoms with Crippen LogP contribution in [-0.2, 0) is 7.05 Å². The first kappa shape index (κ1) is 16.6. The molecular weight excluding hydrogens is 322 g/mol. The van der Waals surface area contributed by atoms with Crippen molar-refractivity contribution >= 4 is 28.1 Å². The average molecular weight is 347 g/mol. The summed E-state index contributed by atoms with van der Waals surface area (Å²) in [6.07, 6.45) is 6.95. The summed E-state index contributed by atoms with van der Waals surface area (Å²) in [5.74, 6) is 0.334. The predicted molar refractivity (Wildman–Crippen MR) is 109 cm³/mol. The minimum absolute atomic E-state index is 0.334. The van der Waals surface area contributed by atoms with E-state index in [1.54, 1.807) is 0 Å². The van der Waals surface area contributed by atoms with Gasteiger partial charge >= 0.3 is 0 Å². The molecule has 5 nitrogen and oxygen atoms in total. The van der Waals surface area contributed by atoms with Crippen molar-refractivity contribution < 1.29 is 0 Å². The summed E-state index contributed by atoms with van der Waals surface area (Å²) in [7, 11) is 2.07. The molecule has 0 amide bonds. The molecule has 0 unspecified atom stereocenters. The minimum atomic E-state index is 0.334. The number of nitrogen functional groups attached to an aromatic ring is 1. The van der Waals surface area contributed by atoms with Crippen molar-refractivity contribution in [2.24, 2.45) is 7.05 Å². The quantitative estimate of drug-likeness (QED) is 0.723. The van der Waals surface area contributed by atoms with Crippen LogP contribution in [0.1, 0.15) is 38.3 Å². The Bertz CT molecular complexity index is 983. The lowest BCUT2D eigenvalue weighted by Crippen LogP contribution is -2.03. The van der Waals surface area contributed by atoms with Crippen LogP contribution < -0.4 is 11.1 Å². The molecule has 1 aliphatic carbocycles. The van der Waals surface area contributed by atoms with Gasteiger partial charge in [-0.1, -0.05) is 12.1 Å². The van der Waals surface area contributed by atoms with Gasteiger partial charge in [-0.05, 0) is 62.4 Å². The van der Waals surface area contributed by atoms with E-state index in [2.05, 4.69) is 70.2 Å². The van der Waals surface area contributed by atoms with Gasteiger partial charge in [0, 0.05) is 24.7 Å². The first-order valence-electron chi connectivity index (χ1n) is 9.34. The maximum absolute atomic E-state index is 6.05. The third kappa shape index (κ3) is 2.94. The van der Waals surface area contributed by atoms with Crippen LogP contribution in [0, 0.1) is 0 Å². The third-order valence-electron chi connectivity index (χ3n) is 5.08. The number of nitrogens with zero attached hydrogens (tertiary/aromatic N) is 3. The molecule has 1 aromatic carbocycles. The topological polar surface area (TPSA) is 68.8 Å². The van der Waals surface area contributed by atoms with Crippen LogP contribution in [0.15, 0.2) is 36.4 Å². The number of hydrogen-bond donors (Lipinski definition) is 2. The van der Waals surface area contributed by atoms with Gasteiger partial charge in [0.25, 0.3) is 0 Å². The number of allylic oxidation sites excluding steroid dienone is 2. The average Bonchev–Trinajstić information content (AvgIpc) is 3.00. The molecule has 26 heavy (non-hydrogen) atoms. The molecule has 3 N–H and O–H groups in total. The van der Waals surface area contributed by atoms with Crippen molar-refractivity contribution in [1.82, 2.24) is 14.5 Å². The summed E-state index contributed by atoms with van der Waals surface area (Å²) in [5, 5.41) is 4.63. The lowest BCUT2D eigenvalue weighted by atomic mass is 9.96. The molecule has 0 fully saturated rings. The summed E-state index contributed by atoms with van der Waals surface area (Å²) in [5.41, 5.74) is 12.6. The maximum atomic E-state index is 6.05. The molecule has 0 saturated carbocycles. The molecule has 1 aliphatic rings. The van der Waals surface area contributed by atoms with Gasteiger partial charge < -0.3 is 15.6 Å². The largest absolute Gasteiger partial charge is 0.385 e. The van der Waals surface area contributed by atoms with Gasteiger partial charge in [-0.25, -0.2) is 9.97 Å². The number of rotatable bonds is 4. The molecule has 0 saturated heterocycles. The Kier molecular flexibility index (Phi) is 4.37. The molecule has 3 aromatic rings. The highest BCUT2D eigenvalue weighted by molar-refractivity contribution is 5.96. The van der Waals surface area contributed by atoms with Crippen LogP contribution in [-0.4, -0.2) is 21.1 Å². The Morgan fingerprint density at radius 3 is 2.77 bits per heavy atom. The third-order valence-corrected chi connectivity index (χ3v) is 5.08. The van der Waals surface area contributed by atoms with Crippen molar-refractivity contribution in [1.29, 1.82) is 0 Å². The number of benzene rings is 1. The molecule has 0 spiro atoms. The molecule has 5 heteroatoms. The van der Waals surface area contributed by atoms with E-state index in [4.69, 9.17) is 5.73 Å². The monoisotopic (exact) mass is 347 g/mol. The van der Waals surface area contributed by atoms with Gasteiger partial charge in [-0.2, -0.15) is 0 Å². The van der Waals surface area contributed by atoms with Gasteiger partial charge in [0.15, 0.2) is 0 Å². The first-order chi connectivity index (χ1) is 12.7. The Balaban J connectivity index is 1.85.